The Bertz CT molecular complexity index is 340. The second-order valence-corrected chi connectivity index (χ2v) is 5.62. The van der Waals surface area contributed by atoms with Crippen LogP contribution < -0.4 is 5.32 Å². The lowest BCUT2D eigenvalue weighted by Gasteiger charge is -2.17. The zero-order valence-electron chi connectivity index (χ0n) is 11.4. The van der Waals surface area contributed by atoms with Gasteiger partial charge in [0.1, 0.15) is 0 Å². The fourth-order valence-electron chi connectivity index (χ4n) is 1.62. The average Bonchev–Trinajstić information content (AvgIpc) is 2.67. The molecule has 0 aromatic carbocycles. The van der Waals surface area contributed by atoms with Crippen LogP contribution in [-0.2, 0) is 4.74 Å². The summed E-state index contributed by atoms with van der Waals surface area (Å²) in [5.74, 6) is 0.938. The van der Waals surface area contributed by atoms with E-state index in [0.29, 0.717) is 17.9 Å². The molecule has 0 spiro atoms. The van der Waals surface area contributed by atoms with Gasteiger partial charge in [0, 0.05) is 25.1 Å². The molecule has 17 heavy (non-hydrogen) atoms. The van der Waals surface area contributed by atoms with E-state index < -0.39 is 0 Å². The van der Waals surface area contributed by atoms with Gasteiger partial charge in [-0.05, 0) is 20.1 Å². The molecule has 0 radical (unpaired) electrons. The van der Waals surface area contributed by atoms with E-state index in [1.807, 2.05) is 18.7 Å². The first kappa shape index (κ1) is 14.4. The standard InChI is InChI=1S/C12H23N3OS/c1-9-7-15(10(2)8-16-4)12(14-9)13-6-11(3)17-5/h7,10-11H,6,8H2,1-5H3,(H,13,14). The number of hydrogen-bond acceptors (Lipinski definition) is 4. The minimum atomic E-state index is 0.299. The molecule has 0 aliphatic rings. The number of methoxy groups -OCH3 is 1. The number of thioether (sulfide) groups is 1. The summed E-state index contributed by atoms with van der Waals surface area (Å²) in [4.78, 5) is 4.51. The van der Waals surface area contributed by atoms with Crippen molar-refractivity contribution < 1.29 is 4.74 Å². The van der Waals surface area contributed by atoms with Gasteiger partial charge in [-0.3, -0.25) is 0 Å². The smallest absolute Gasteiger partial charge is 0.203 e. The van der Waals surface area contributed by atoms with Crippen molar-refractivity contribution in [2.75, 3.05) is 31.8 Å². The zero-order valence-corrected chi connectivity index (χ0v) is 12.2. The molecule has 4 nitrogen and oxygen atoms in total. The van der Waals surface area contributed by atoms with Gasteiger partial charge >= 0.3 is 0 Å². The van der Waals surface area contributed by atoms with E-state index in [1.54, 1.807) is 7.11 Å². The summed E-state index contributed by atoms with van der Waals surface area (Å²) in [6.07, 6.45) is 4.19. The Morgan fingerprint density at radius 1 is 1.53 bits per heavy atom. The molecule has 1 aromatic heterocycles. The van der Waals surface area contributed by atoms with E-state index in [-0.39, 0.29) is 0 Å². The first-order chi connectivity index (χ1) is 8.08. The maximum absolute atomic E-state index is 5.19. The first-order valence-corrected chi connectivity index (χ1v) is 7.18. The normalized spacial score (nSPS) is 14.6. The Labute approximate surface area is 108 Å². The van der Waals surface area contributed by atoms with E-state index in [9.17, 15) is 0 Å². The van der Waals surface area contributed by atoms with Gasteiger partial charge < -0.3 is 14.6 Å². The summed E-state index contributed by atoms with van der Waals surface area (Å²) in [5, 5.41) is 3.98. The third-order valence-corrected chi connectivity index (χ3v) is 3.66. The van der Waals surface area contributed by atoms with Gasteiger partial charge in [0.05, 0.1) is 18.3 Å². The quantitative estimate of drug-likeness (QED) is 0.815. The zero-order chi connectivity index (χ0) is 12.8. The number of rotatable bonds is 7. The number of nitrogens with zero attached hydrogens (tertiary/aromatic N) is 2. The second-order valence-electron chi connectivity index (χ2n) is 4.34. The maximum atomic E-state index is 5.19. The second kappa shape index (κ2) is 6.91. The predicted octanol–water partition coefficient (Wildman–Crippen LogP) is 2.56. The van der Waals surface area contributed by atoms with Crippen LogP contribution in [0, 0.1) is 6.92 Å². The van der Waals surface area contributed by atoms with E-state index in [2.05, 4.69) is 41.2 Å². The fraction of sp³-hybridized carbons (Fsp3) is 0.750. The minimum absolute atomic E-state index is 0.299. The van der Waals surface area contributed by atoms with Crippen LogP contribution >= 0.6 is 11.8 Å². The summed E-state index contributed by atoms with van der Waals surface area (Å²) in [6, 6.07) is 0.299. The molecular weight excluding hydrogens is 234 g/mol. The van der Waals surface area contributed by atoms with Crippen LogP contribution in [0.15, 0.2) is 6.20 Å². The summed E-state index contributed by atoms with van der Waals surface area (Å²) in [5.41, 5.74) is 1.03. The highest BCUT2D eigenvalue weighted by atomic mass is 32.2. The van der Waals surface area contributed by atoms with Gasteiger partial charge in [0.25, 0.3) is 0 Å². The van der Waals surface area contributed by atoms with E-state index in [0.717, 1.165) is 18.2 Å². The molecule has 0 saturated heterocycles. The number of anilines is 1. The lowest BCUT2D eigenvalue weighted by atomic mass is 10.3. The number of aryl methyl sites for hydroxylation is 1. The molecular formula is C12H23N3OS. The Kier molecular flexibility index (Phi) is 5.85. The van der Waals surface area contributed by atoms with Gasteiger partial charge in [0.15, 0.2) is 0 Å². The fourth-order valence-corrected chi connectivity index (χ4v) is 1.87. The third kappa shape index (κ3) is 4.24. The van der Waals surface area contributed by atoms with Crippen LogP contribution in [0.2, 0.25) is 0 Å². The Hall–Kier alpha value is -0.680. The molecule has 2 unspecified atom stereocenters. The summed E-state index contributed by atoms with van der Waals surface area (Å²) in [7, 11) is 1.73. The summed E-state index contributed by atoms with van der Waals surface area (Å²) < 4.78 is 7.33. The molecule has 0 aliphatic heterocycles. The highest BCUT2D eigenvalue weighted by Crippen LogP contribution is 2.17. The van der Waals surface area contributed by atoms with Crippen molar-refractivity contribution in [1.29, 1.82) is 0 Å². The number of aromatic nitrogens is 2. The number of nitrogens with one attached hydrogen (secondary N) is 1. The molecule has 1 aromatic rings. The van der Waals surface area contributed by atoms with E-state index >= 15 is 0 Å². The molecule has 2 atom stereocenters. The van der Waals surface area contributed by atoms with Crippen molar-refractivity contribution in [1.82, 2.24) is 9.55 Å². The highest BCUT2D eigenvalue weighted by molar-refractivity contribution is 7.99. The average molecular weight is 257 g/mol. The Morgan fingerprint density at radius 3 is 2.82 bits per heavy atom. The molecule has 1 N–H and O–H groups in total. The Morgan fingerprint density at radius 2 is 2.24 bits per heavy atom. The SMILES string of the molecule is COCC(C)n1cc(C)nc1NCC(C)SC. The van der Waals surface area contributed by atoms with Crippen molar-refractivity contribution in [3.05, 3.63) is 11.9 Å². The van der Waals surface area contributed by atoms with Gasteiger partial charge in [-0.15, -0.1) is 0 Å². The topological polar surface area (TPSA) is 39.1 Å². The highest BCUT2D eigenvalue weighted by Gasteiger charge is 2.12. The number of imidazole rings is 1. The molecule has 5 heteroatoms. The number of ether oxygens (including phenoxy) is 1. The van der Waals surface area contributed by atoms with Crippen LogP contribution in [0.4, 0.5) is 5.95 Å². The molecule has 0 saturated carbocycles. The maximum Gasteiger partial charge on any atom is 0.203 e. The molecule has 1 heterocycles. The van der Waals surface area contributed by atoms with Gasteiger partial charge in [-0.2, -0.15) is 11.8 Å². The third-order valence-electron chi connectivity index (χ3n) is 2.69. The lowest BCUT2D eigenvalue weighted by molar-refractivity contribution is 0.163. The van der Waals surface area contributed by atoms with Crippen molar-refractivity contribution in [2.24, 2.45) is 0 Å². The van der Waals surface area contributed by atoms with Gasteiger partial charge in [-0.25, -0.2) is 4.98 Å². The molecule has 0 amide bonds. The lowest BCUT2D eigenvalue weighted by Crippen LogP contribution is -2.18. The van der Waals surface area contributed by atoms with Gasteiger partial charge in [0.2, 0.25) is 5.95 Å². The first-order valence-electron chi connectivity index (χ1n) is 5.89. The molecule has 1 rings (SSSR count). The predicted molar refractivity (Wildman–Crippen MR) is 75.0 cm³/mol. The summed E-state index contributed by atoms with van der Waals surface area (Å²) in [6.45, 7) is 7.98. The van der Waals surface area contributed by atoms with Crippen LogP contribution in [0.5, 0.6) is 0 Å². The largest absolute Gasteiger partial charge is 0.383 e. The van der Waals surface area contributed by atoms with Crippen molar-refractivity contribution in [3.63, 3.8) is 0 Å². The van der Waals surface area contributed by atoms with E-state index in [4.69, 9.17) is 4.74 Å². The summed E-state index contributed by atoms with van der Waals surface area (Å²) >= 11 is 1.85. The van der Waals surface area contributed by atoms with Crippen molar-refractivity contribution in [3.8, 4) is 0 Å². The monoisotopic (exact) mass is 257 g/mol. The van der Waals surface area contributed by atoms with Crippen molar-refractivity contribution in [2.45, 2.75) is 32.1 Å². The number of hydrogen-bond donors (Lipinski definition) is 1. The Balaban J connectivity index is 2.70. The molecule has 98 valence electrons. The minimum Gasteiger partial charge on any atom is -0.383 e. The van der Waals surface area contributed by atoms with Crippen LogP contribution in [0.3, 0.4) is 0 Å². The molecule has 0 fully saturated rings. The van der Waals surface area contributed by atoms with Crippen LogP contribution in [0.25, 0.3) is 0 Å². The van der Waals surface area contributed by atoms with Crippen LogP contribution in [0.1, 0.15) is 25.6 Å². The molecule has 0 bridgehead atoms. The van der Waals surface area contributed by atoms with Gasteiger partial charge in [-0.1, -0.05) is 6.92 Å². The molecule has 0 aliphatic carbocycles. The van der Waals surface area contributed by atoms with Crippen molar-refractivity contribution >= 4 is 17.7 Å². The van der Waals surface area contributed by atoms with Crippen LogP contribution in [-0.4, -0.2) is 41.3 Å². The van der Waals surface area contributed by atoms with E-state index in [1.165, 1.54) is 0 Å².